The first-order chi connectivity index (χ1) is 12.7. The highest BCUT2D eigenvalue weighted by atomic mass is 35.5. The fraction of sp³-hybridized carbons (Fsp3) is 0.222. The van der Waals surface area contributed by atoms with Crippen molar-refractivity contribution in [2.75, 3.05) is 6.54 Å². The zero-order valence-electron chi connectivity index (χ0n) is 14.0. The van der Waals surface area contributed by atoms with Crippen LogP contribution in [0.15, 0.2) is 48.5 Å². The molecule has 0 spiro atoms. The largest absolute Gasteiger partial charge is 0.573 e. The maximum Gasteiger partial charge on any atom is 0.573 e. The first-order valence-corrected chi connectivity index (χ1v) is 8.26. The third kappa shape index (κ3) is 7.57. The van der Waals surface area contributed by atoms with Crippen LogP contribution in [0, 0.1) is 0 Å². The average molecular weight is 401 g/mol. The highest BCUT2D eigenvalue weighted by molar-refractivity contribution is 6.30. The minimum Gasteiger partial charge on any atom is -0.406 e. The van der Waals surface area contributed by atoms with Crippen LogP contribution in [0.3, 0.4) is 0 Å². The van der Waals surface area contributed by atoms with Crippen molar-refractivity contribution < 1.29 is 27.5 Å². The first-order valence-electron chi connectivity index (χ1n) is 7.88. The first kappa shape index (κ1) is 20.6. The number of nitrogens with one attached hydrogen (secondary N) is 2. The second-order valence-corrected chi connectivity index (χ2v) is 5.92. The number of ether oxygens (including phenoxy) is 1. The van der Waals surface area contributed by atoms with Crippen LogP contribution in [0.25, 0.3) is 0 Å². The Bertz CT molecular complexity index is 778. The second kappa shape index (κ2) is 9.27. The Balaban J connectivity index is 1.70. The average Bonchev–Trinajstić information content (AvgIpc) is 2.60. The normalized spacial score (nSPS) is 11.0. The molecule has 0 unspecified atom stereocenters. The maximum atomic E-state index is 12.1. The van der Waals surface area contributed by atoms with Gasteiger partial charge in [0.15, 0.2) is 0 Å². The fourth-order valence-corrected chi connectivity index (χ4v) is 2.22. The minimum absolute atomic E-state index is 0.0641. The van der Waals surface area contributed by atoms with Gasteiger partial charge in [0.25, 0.3) is 5.91 Å². The van der Waals surface area contributed by atoms with Gasteiger partial charge in [0.2, 0.25) is 5.91 Å². The molecule has 2 rings (SSSR count). The van der Waals surface area contributed by atoms with Crippen LogP contribution >= 0.6 is 11.6 Å². The summed E-state index contributed by atoms with van der Waals surface area (Å²) in [5.74, 6) is -0.954. The van der Waals surface area contributed by atoms with Crippen molar-refractivity contribution in [3.05, 3.63) is 64.7 Å². The summed E-state index contributed by atoms with van der Waals surface area (Å²) in [5, 5.41) is 5.75. The molecule has 2 aromatic carbocycles. The molecule has 2 N–H and O–H groups in total. The van der Waals surface area contributed by atoms with Gasteiger partial charge in [0.05, 0.1) is 0 Å². The third-order valence-electron chi connectivity index (χ3n) is 3.39. The van der Waals surface area contributed by atoms with Crippen molar-refractivity contribution in [3.63, 3.8) is 0 Å². The van der Waals surface area contributed by atoms with Gasteiger partial charge in [0.1, 0.15) is 5.75 Å². The monoisotopic (exact) mass is 400 g/mol. The van der Waals surface area contributed by atoms with Gasteiger partial charge < -0.3 is 15.4 Å². The molecule has 0 fully saturated rings. The molecule has 0 aliphatic carbocycles. The molecule has 0 aromatic heterocycles. The highest BCUT2D eigenvalue weighted by Gasteiger charge is 2.30. The Kier molecular flexibility index (Phi) is 7.06. The number of carbonyl (C=O) groups is 2. The lowest BCUT2D eigenvalue weighted by atomic mass is 10.2. The lowest BCUT2D eigenvalue weighted by Gasteiger charge is -2.10. The molecule has 0 saturated carbocycles. The number of hydrogen-bond acceptors (Lipinski definition) is 3. The van der Waals surface area contributed by atoms with E-state index in [1.165, 1.54) is 24.3 Å². The lowest BCUT2D eigenvalue weighted by molar-refractivity contribution is -0.274. The molecule has 2 aromatic rings. The van der Waals surface area contributed by atoms with E-state index in [0.717, 1.165) is 0 Å². The lowest BCUT2D eigenvalue weighted by Crippen LogP contribution is -2.30. The van der Waals surface area contributed by atoms with E-state index in [4.69, 9.17) is 11.6 Å². The molecule has 0 bridgehead atoms. The Hall–Kier alpha value is -2.74. The van der Waals surface area contributed by atoms with E-state index in [-0.39, 0.29) is 37.1 Å². The molecular formula is C18H16ClF3N2O3. The number of amides is 2. The van der Waals surface area contributed by atoms with E-state index in [2.05, 4.69) is 15.4 Å². The van der Waals surface area contributed by atoms with Gasteiger partial charge in [-0.3, -0.25) is 9.59 Å². The molecule has 9 heteroatoms. The van der Waals surface area contributed by atoms with Crippen molar-refractivity contribution in [1.82, 2.24) is 10.6 Å². The molecule has 0 heterocycles. The molecule has 0 saturated heterocycles. The molecule has 2 amide bonds. The molecule has 0 radical (unpaired) electrons. The summed E-state index contributed by atoms with van der Waals surface area (Å²) in [6.07, 6.45) is -4.68. The number of benzene rings is 2. The van der Waals surface area contributed by atoms with Crippen LogP contribution < -0.4 is 15.4 Å². The summed E-state index contributed by atoms with van der Waals surface area (Å²) in [5.41, 5.74) is 1.05. The van der Waals surface area contributed by atoms with Gasteiger partial charge in [-0.25, -0.2) is 0 Å². The summed E-state index contributed by atoms with van der Waals surface area (Å²) in [7, 11) is 0. The van der Waals surface area contributed by atoms with Gasteiger partial charge in [-0.15, -0.1) is 13.2 Å². The van der Waals surface area contributed by atoms with Crippen molar-refractivity contribution in [2.45, 2.75) is 19.3 Å². The Morgan fingerprint density at radius 2 is 1.59 bits per heavy atom. The van der Waals surface area contributed by atoms with Crippen molar-refractivity contribution in [3.8, 4) is 5.75 Å². The Morgan fingerprint density at radius 1 is 0.963 bits per heavy atom. The number of hydrogen-bond donors (Lipinski definition) is 2. The topological polar surface area (TPSA) is 67.4 Å². The van der Waals surface area contributed by atoms with E-state index in [0.29, 0.717) is 16.1 Å². The van der Waals surface area contributed by atoms with Crippen molar-refractivity contribution >= 4 is 23.4 Å². The summed E-state index contributed by atoms with van der Waals surface area (Å²) in [6, 6.07) is 11.5. The smallest absolute Gasteiger partial charge is 0.406 e. The molecule has 0 aliphatic rings. The van der Waals surface area contributed by atoms with E-state index in [1.54, 1.807) is 24.3 Å². The van der Waals surface area contributed by atoms with Crippen LogP contribution in [0.1, 0.15) is 22.3 Å². The van der Waals surface area contributed by atoms with Crippen LogP contribution in [-0.2, 0) is 11.3 Å². The van der Waals surface area contributed by atoms with Crippen LogP contribution in [0.4, 0.5) is 13.2 Å². The van der Waals surface area contributed by atoms with Crippen molar-refractivity contribution in [1.29, 1.82) is 0 Å². The summed E-state index contributed by atoms with van der Waals surface area (Å²) < 4.78 is 40.0. The number of alkyl halides is 3. The molecule has 27 heavy (non-hydrogen) atoms. The summed E-state index contributed by atoms with van der Waals surface area (Å²) in [6.45, 7) is 0.294. The van der Waals surface area contributed by atoms with Gasteiger partial charge in [-0.05, 0) is 42.0 Å². The van der Waals surface area contributed by atoms with Crippen molar-refractivity contribution in [2.24, 2.45) is 0 Å². The van der Waals surface area contributed by atoms with Gasteiger partial charge in [0, 0.05) is 30.1 Å². The maximum absolute atomic E-state index is 12.1. The quantitative estimate of drug-likeness (QED) is 0.745. The fourth-order valence-electron chi connectivity index (χ4n) is 2.09. The van der Waals surface area contributed by atoms with Gasteiger partial charge >= 0.3 is 6.36 Å². The molecular weight excluding hydrogens is 385 g/mol. The zero-order valence-corrected chi connectivity index (χ0v) is 14.7. The predicted octanol–water partition coefficient (Wildman–Crippen LogP) is 3.67. The van der Waals surface area contributed by atoms with Crippen LogP contribution in [0.5, 0.6) is 5.75 Å². The summed E-state index contributed by atoms with van der Waals surface area (Å²) in [4.78, 5) is 23.7. The second-order valence-electron chi connectivity index (χ2n) is 5.48. The predicted molar refractivity (Wildman–Crippen MR) is 93.4 cm³/mol. The Morgan fingerprint density at radius 3 is 2.19 bits per heavy atom. The number of carbonyl (C=O) groups excluding carboxylic acids is 2. The van der Waals surface area contributed by atoms with E-state index >= 15 is 0 Å². The zero-order chi connectivity index (χ0) is 19.9. The van der Waals surface area contributed by atoms with Crippen LogP contribution in [0.2, 0.25) is 5.02 Å². The molecule has 0 aliphatic heterocycles. The summed E-state index contributed by atoms with van der Waals surface area (Å²) >= 11 is 5.74. The number of halogens is 4. The minimum atomic E-state index is -4.74. The van der Waals surface area contributed by atoms with E-state index < -0.39 is 6.36 Å². The van der Waals surface area contributed by atoms with E-state index in [9.17, 15) is 22.8 Å². The molecule has 0 atom stereocenters. The molecule has 144 valence electrons. The Labute approximate surface area is 158 Å². The van der Waals surface area contributed by atoms with Gasteiger partial charge in [-0.1, -0.05) is 23.7 Å². The van der Waals surface area contributed by atoms with E-state index in [1.807, 2.05) is 0 Å². The highest BCUT2D eigenvalue weighted by Crippen LogP contribution is 2.22. The van der Waals surface area contributed by atoms with Gasteiger partial charge in [-0.2, -0.15) is 0 Å². The number of rotatable bonds is 7. The standard InChI is InChI=1S/C18H16ClF3N2O3/c19-14-5-3-13(4-6-14)17(26)23-10-9-16(25)24-11-12-1-7-15(8-2-12)27-18(20,21)22/h1-8H,9-11H2,(H,23,26)(H,24,25). The third-order valence-corrected chi connectivity index (χ3v) is 3.64. The molecule has 5 nitrogen and oxygen atoms in total. The SMILES string of the molecule is O=C(CCNC(=O)c1ccc(Cl)cc1)NCc1ccc(OC(F)(F)F)cc1. The van der Waals surface area contributed by atoms with Crippen LogP contribution in [-0.4, -0.2) is 24.7 Å².